The molecule has 0 radical (unpaired) electrons. The van der Waals surface area contributed by atoms with E-state index in [1.165, 1.54) is 0 Å². The quantitative estimate of drug-likeness (QED) is 0.0380. The maximum Gasteiger partial charge on any atom is 0.232 e. The first-order chi connectivity index (χ1) is 61.5. The summed E-state index contributed by atoms with van der Waals surface area (Å²) >= 11 is 8.07. The highest BCUT2D eigenvalue weighted by Crippen LogP contribution is 2.39. The van der Waals surface area contributed by atoms with Crippen LogP contribution in [0, 0.1) is 0 Å². The van der Waals surface area contributed by atoms with Gasteiger partial charge in [-0.2, -0.15) is 45.4 Å². The summed E-state index contributed by atoms with van der Waals surface area (Å²) in [7, 11) is 1.90. The van der Waals surface area contributed by atoms with Crippen molar-refractivity contribution >= 4 is 257 Å². The Morgan fingerprint density at radius 3 is 1.33 bits per heavy atom. The van der Waals surface area contributed by atoms with Crippen LogP contribution in [0.5, 0.6) is 0 Å². The standard InChI is InChI=1S/C23H16N8S.C23H19N7OS.C22H15N7S.C21H16N8S2/c1-2-4-14(5-3-1)17-8-10-24-22(27-17)30-23-28-19-9-11-32-20(19)21(29-23)26-16-6-7-18-15(12-16)13-25-31-18;1-13(31)30-8-6-14-10-17(3-5-20(14)30)26-23-27-19-7-9-32-21(19)22(28-23)25-16-2-4-18-15(11-16)12-24-29-18;1-2-4-14-11-23-19(10-13(14)3-1)27-22-26-18-7-8-30-20(18)21(28-22)25-16-5-6-17-15(9-16)12-24-29-17;1-29-18(10-16(28-29)17-3-2-7-30-17)25-21-24-15-6-8-31-19(15)20(26-21)23-13-4-5-14-12(9-13)11-22-27-14/h1-13H,(H,25,31)(H2,24,26,27,28,29,30);2-5,7,9-12H,6,8H2,1H3,(H,24,29)(H2,25,26,27,28);1-12H,(H,24,29)(H2,23,25,26,27,28);2-11H,1H3,(H,22,27)(H2,23,24,25,26). The molecule has 36 heteroatoms. The molecule has 1 amide bonds. The zero-order valence-electron chi connectivity index (χ0n) is 65.8. The monoisotopic (exact) mass is 1730 g/mol. The number of pyridine rings is 1. The van der Waals surface area contributed by atoms with E-state index in [-0.39, 0.29) is 5.91 Å². The number of carbonyl (C=O) groups is 1. The summed E-state index contributed by atoms with van der Waals surface area (Å²) in [5.74, 6) is 6.96. The maximum absolute atomic E-state index is 11.8. The van der Waals surface area contributed by atoms with Crippen LogP contribution in [0.15, 0.2) is 264 Å². The van der Waals surface area contributed by atoms with E-state index in [4.69, 9.17) is 19.9 Å². The van der Waals surface area contributed by atoms with Gasteiger partial charge in [-0.25, -0.2) is 34.9 Å². The minimum atomic E-state index is 0.0695. The lowest BCUT2D eigenvalue weighted by Gasteiger charge is -2.15. The summed E-state index contributed by atoms with van der Waals surface area (Å²) in [5.41, 5.74) is 17.0. The molecule has 0 unspecified atom stereocenters. The lowest BCUT2D eigenvalue weighted by Crippen LogP contribution is -2.25. The smallest absolute Gasteiger partial charge is 0.232 e. The molecule has 1 aliphatic heterocycles. The Labute approximate surface area is 727 Å². The average molecular weight is 1730 g/mol. The Balaban J connectivity index is 0.000000102. The maximum atomic E-state index is 11.8. The van der Waals surface area contributed by atoms with Gasteiger partial charge in [-0.05, 0) is 178 Å². The molecular weight excluding hydrogens is 1670 g/mol. The molecule has 24 rings (SSSR count). The van der Waals surface area contributed by atoms with Crippen LogP contribution in [-0.4, -0.2) is 118 Å². The lowest BCUT2D eigenvalue weighted by atomic mass is 10.1. The number of thiophene rings is 5. The summed E-state index contributed by atoms with van der Waals surface area (Å²) in [6.07, 6.45) is 11.6. The van der Waals surface area contributed by atoms with Gasteiger partial charge in [0.1, 0.15) is 17.3 Å². The number of amides is 1. The van der Waals surface area contributed by atoms with Crippen molar-refractivity contribution in [3.8, 4) is 21.8 Å². The molecule has 31 nitrogen and oxygen atoms in total. The number of anilines is 17. The van der Waals surface area contributed by atoms with E-state index in [0.29, 0.717) is 35.6 Å². The number of nitrogens with one attached hydrogen (secondary N) is 12. The van der Waals surface area contributed by atoms with Crippen molar-refractivity contribution in [3.05, 3.63) is 270 Å². The number of fused-ring (bicyclic) bond motifs is 10. The van der Waals surface area contributed by atoms with Gasteiger partial charge in [-0.1, -0.05) is 60.7 Å². The second-order valence-electron chi connectivity index (χ2n) is 28.6. The van der Waals surface area contributed by atoms with E-state index in [1.54, 1.807) is 93.1 Å². The number of aryl methyl sites for hydroxylation is 1. The molecule has 0 fully saturated rings. The summed E-state index contributed by atoms with van der Waals surface area (Å²) in [6, 6.07) is 66.1. The number of rotatable bonds is 18. The molecule has 17 heterocycles. The lowest BCUT2D eigenvalue weighted by molar-refractivity contribution is -0.116. The highest BCUT2D eigenvalue weighted by Gasteiger charge is 2.24. The van der Waals surface area contributed by atoms with Gasteiger partial charge in [0.2, 0.25) is 35.6 Å². The van der Waals surface area contributed by atoms with E-state index in [1.807, 2.05) is 233 Å². The Morgan fingerprint density at radius 2 is 0.832 bits per heavy atom. The van der Waals surface area contributed by atoms with E-state index in [2.05, 4.69) is 142 Å². The molecule has 0 bridgehead atoms. The normalized spacial score (nSPS) is 11.7. The third kappa shape index (κ3) is 16.5. The number of nitrogens with zero attached hydrogens (tertiary/aromatic N) is 18. The summed E-state index contributed by atoms with van der Waals surface area (Å²) in [5, 5.41) is 76.0. The number of benzene rings is 7. The van der Waals surface area contributed by atoms with Crippen LogP contribution in [0.3, 0.4) is 0 Å². The first-order valence-electron chi connectivity index (χ1n) is 39.1. The van der Waals surface area contributed by atoms with Crippen molar-refractivity contribution in [3.63, 3.8) is 0 Å². The predicted octanol–water partition coefficient (Wildman–Crippen LogP) is 21.6. The average Bonchev–Trinajstić information content (AvgIpc) is 1.64. The first-order valence-corrected chi connectivity index (χ1v) is 43.5. The van der Waals surface area contributed by atoms with Crippen molar-refractivity contribution in [2.45, 2.75) is 13.3 Å². The van der Waals surface area contributed by atoms with Crippen molar-refractivity contribution in [1.82, 2.24) is 105 Å². The SMILES string of the molecule is CC(=O)N1CCc2cc(Nc3nc(Nc4ccc5[nH]ncc5c4)c4sccc4n3)ccc21.Cn1nc(-c2cccs2)cc1Nc1nc(Nc2ccc3[nH]ncc3c2)c2sccc2n1.c1ccc(-c2ccnc(Nc3nc(Nc4ccc5[nH]ncc5c4)c4sccc4n3)n2)cc1.c1ccc2cc(Nc3nc(Nc4ccc5[nH]ncc5c4)c4sccc4n3)ncc2c1. The molecule has 1 aliphatic rings. The fourth-order valence-electron chi connectivity index (χ4n) is 14.4. The fourth-order valence-corrected chi connectivity index (χ4v) is 18.2. The number of hydrogen-bond donors (Lipinski definition) is 12. The first kappa shape index (κ1) is 76.3. The predicted molar refractivity (Wildman–Crippen MR) is 504 cm³/mol. The van der Waals surface area contributed by atoms with Gasteiger partial charge in [0.15, 0.2) is 23.3 Å². The zero-order chi connectivity index (χ0) is 83.7. The molecule has 608 valence electrons. The van der Waals surface area contributed by atoms with Crippen LogP contribution in [-0.2, 0) is 18.3 Å². The molecule has 0 aliphatic carbocycles. The molecule has 0 atom stereocenters. The number of hydrogen-bond acceptors (Lipinski definition) is 30. The third-order valence-corrected chi connectivity index (χ3v) is 24.9. The van der Waals surface area contributed by atoms with Crippen molar-refractivity contribution in [2.75, 3.05) is 54.0 Å². The highest BCUT2D eigenvalue weighted by molar-refractivity contribution is 7.18. The van der Waals surface area contributed by atoms with Gasteiger partial charge in [0, 0.05) is 106 Å². The van der Waals surface area contributed by atoms with Crippen LogP contribution < -0.4 is 47.4 Å². The van der Waals surface area contributed by atoms with Gasteiger partial charge in [-0.3, -0.25) is 35.2 Å². The Kier molecular flexibility index (Phi) is 20.4. The van der Waals surface area contributed by atoms with Crippen LogP contribution in [0.1, 0.15) is 12.5 Å². The molecular formula is C89H66N30OS5. The van der Waals surface area contributed by atoms with E-state index in [9.17, 15) is 4.79 Å². The largest absolute Gasteiger partial charge is 0.339 e. The Hall–Kier alpha value is -16.2. The van der Waals surface area contributed by atoms with Gasteiger partial charge >= 0.3 is 0 Å². The van der Waals surface area contributed by atoms with Crippen LogP contribution >= 0.6 is 56.7 Å². The van der Waals surface area contributed by atoms with Crippen LogP contribution in [0.25, 0.3) is 117 Å². The topological polar surface area (TPSA) is 391 Å². The van der Waals surface area contributed by atoms with Crippen molar-refractivity contribution in [1.29, 1.82) is 0 Å². The molecule has 12 N–H and O–H groups in total. The highest BCUT2D eigenvalue weighted by atomic mass is 32.1. The zero-order valence-corrected chi connectivity index (χ0v) is 69.9. The Morgan fingerprint density at radius 1 is 0.368 bits per heavy atom. The third-order valence-electron chi connectivity index (χ3n) is 20.4. The summed E-state index contributed by atoms with van der Waals surface area (Å²) in [6.45, 7) is 2.32. The number of aromatic amines is 4. The molecule has 125 heavy (non-hydrogen) atoms. The summed E-state index contributed by atoms with van der Waals surface area (Å²) < 4.78 is 5.77. The van der Waals surface area contributed by atoms with Gasteiger partial charge in [-0.15, -0.1) is 56.7 Å². The van der Waals surface area contributed by atoms with E-state index in [0.717, 1.165) is 199 Å². The number of carbonyl (C=O) groups excluding carboxylic acids is 1. The molecule has 7 aromatic carbocycles. The minimum Gasteiger partial charge on any atom is -0.339 e. The van der Waals surface area contributed by atoms with Crippen LogP contribution in [0.4, 0.5) is 98.8 Å². The van der Waals surface area contributed by atoms with Crippen LogP contribution in [0.2, 0.25) is 0 Å². The minimum absolute atomic E-state index is 0.0695. The van der Waals surface area contributed by atoms with E-state index < -0.39 is 0 Å². The molecule has 16 aromatic heterocycles. The second kappa shape index (κ2) is 33.5. The fraction of sp³-hybridized carbons (Fsp3) is 0.0449. The number of aromatic nitrogens is 21. The molecule has 23 aromatic rings. The van der Waals surface area contributed by atoms with E-state index >= 15 is 0 Å². The van der Waals surface area contributed by atoms with Crippen molar-refractivity contribution in [2.24, 2.45) is 7.05 Å². The summed E-state index contributed by atoms with van der Waals surface area (Å²) in [4.78, 5) is 65.8. The number of H-pyrrole nitrogens is 4. The Bertz CT molecular complexity index is 7900. The van der Waals surface area contributed by atoms with Gasteiger partial charge < -0.3 is 42.1 Å². The van der Waals surface area contributed by atoms with Crippen molar-refractivity contribution < 1.29 is 4.79 Å². The molecule has 0 saturated carbocycles. The van der Waals surface area contributed by atoms with Gasteiger partial charge in [0.25, 0.3) is 0 Å². The van der Waals surface area contributed by atoms with Gasteiger partial charge in [0.05, 0.1) is 98.3 Å². The second-order valence-corrected chi connectivity index (χ2v) is 33.3. The molecule has 0 saturated heterocycles. The molecule has 0 spiro atoms.